The second-order valence-electron chi connectivity index (χ2n) is 7.62. The fourth-order valence-corrected chi connectivity index (χ4v) is 3.80. The molecule has 1 aliphatic heterocycles. The monoisotopic (exact) mass is 420 g/mol. The maximum Gasteiger partial charge on any atom is 0.260 e. The minimum Gasteiger partial charge on any atom is -0.493 e. The number of carbonyl (C=O) groups is 1. The van der Waals surface area contributed by atoms with Crippen LogP contribution in [0.2, 0.25) is 0 Å². The smallest absolute Gasteiger partial charge is 0.260 e. The number of pyridine rings is 1. The maximum absolute atomic E-state index is 12.6. The number of piperazine rings is 1. The molecule has 1 aromatic carbocycles. The van der Waals surface area contributed by atoms with E-state index >= 15 is 0 Å². The normalized spacial score (nSPS) is 14.5. The molecule has 1 aliphatic rings. The number of imidazole rings is 1. The first-order chi connectivity index (χ1) is 15.2. The molecule has 162 valence electrons. The molecule has 7 nitrogen and oxygen atoms in total. The number of hydrogen-bond donors (Lipinski definition) is 0. The summed E-state index contributed by atoms with van der Waals surface area (Å²) in [6.45, 7) is 7.55. The predicted octanol–water partition coefficient (Wildman–Crippen LogP) is 2.79. The zero-order valence-electron chi connectivity index (χ0n) is 17.9. The van der Waals surface area contributed by atoms with Crippen molar-refractivity contribution in [2.45, 2.75) is 13.0 Å². The van der Waals surface area contributed by atoms with E-state index in [4.69, 9.17) is 9.47 Å². The Morgan fingerprint density at radius 2 is 2.00 bits per heavy atom. The predicted molar refractivity (Wildman–Crippen MR) is 119 cm³/mol. The van der Waals surface area contributed by atoms with Gasteiger partial charge >= 0.3 is 0 Å². The van der Waals surface area contributed by atoms with Crippen LogP contribution in [-0.4, -0.2) is 65.0 Å². The second-order valence-corrected chi connectivity index (χ2v) is 7.62. The van der Waals surface area contributed by atoms with Crippen LogP contribution in [0.4, 0.5) is 0 Å². The third-order valence-electron chi connectivity index (χ3n) is 5.48. The van der Waals surface area contributed by atoms with E-state index in [0.717, 1.165) is 43.0 Å². The number of allylic oxidation sites excluding steroid dienone is 1. The van der Waals surface area contributed by atoms with Gasteiger partial charge in [0.15, 0.2) is 18.1 Å². The van der Waals surface area contributed by atoms with Crippen molar-refractivity contribution < 1.29 is 14.3 Å². The van der Waals surface area contributed by atoms with Gasteiger partial charge in [0.05, 0.1) is 12.8 Å². The molecule has 0 atom stereocenters. The van der Waals surface area contributed by atoms with Crippen molar-refractivity contribution in [2.75, 3.05) is 39.9 Å². The van der Waals surface area contributed by atoms with E-state index in [-0.39, 0.29) is 12.5 Å². The lowest BCUT2D eigenvalue weighted by Crippen LogP contribution is -2.49. The standard InChI is InChI=1S/C24H28N4O3/c1-3-6-19-8-9-21(22(15-19)30-2)31-18-24(29)27-13-11-26(12-14-27)16-20-17-28-10-5-4-7-23(28)25-20/h3-5,7-10,15,17H,1,6,11-14,16,18H2,2H3. The molecule has 0 bridgehead atoms. The molecule has 31 heavy (non-hydrogen) atoms. The summed E-state index contributed by atoms with van der Waals surface area (Å²) in [6.07, 6.45) is 6.67. The Kier molecular flexibility index (Phi) is 6.52. The highest BCUT2D eigenvalue weighted by atomic mass is 16.5. The van der Waals surface area contributed by atoms with Crippen LogP contribution in [0.1, 0.15) is 11.3 Å². The molecule has 0 unspecified atom stereocenters. The SMILES string of the molecule is C=CCc1ccc(OCC(=O)N2CCN(Cc3cn4ccccc4n3)CC2)c(OC)c1. The van der Waals surface area contributed by atoms with Crippen molar-refractivity contribution in [3.05, 3.63) is 72.7 Å². The Bertz CT molecular complexity index is 1020. The van der Waals surface area contributed by atoms with E-state index in [1.54, 1.807) is 7.11 Å². The summed E-state index contributed by atoms with van der Waals surface area (Å²) in [5, 5.41) is 0. The second kappa shape index (κ2) is 9.66. The van der Waals surface area contributed by atoms with Gasteiger partial charge in [-0.05, 0) is 36.2 Å². The zero-order valence-corrected chi connectivity index (χ0v) is 17.9. The molecule has 3 aromatic rings. The third kappa shape index (κ3) is 5.06. The molecule has 0 N–H and O–H groups in total. The van der Waals surface area contributed by atoms with Crippen LogP contribution in [0.15, 0.2) is 61.4 Å². The number of benzene rings is 1. The van der Waals surface area contributed by atoms with Gasteiger partial charge in [-0.1, -0.05) is 18.2 Å². The molecule has 1 saturated heterocycles. The number of carbonyl (C=O) groups excluding carboxylic acids is 1. The molecule has 7 heteroatoms. The first kappa shape index (κ1) is 20.9. The Morgan fingerprint density at radius 3 is 2.74 bits per heavy atom. The quantitative estimate of drug-likeness (QED) is 0.525. The summed E-state index contributed by atoms with van der Waals surface area (Å²) in [4.78, 5) is 21.5. The minimum atomic E-state index is -0.00963. The van der Waals surface area contributed by atoms with Crippen LogP contribution in [0.25, 0.3) is 5.65 Å². The lowest BCUT2D eigenvalue weighted by molar-refractivity contribution is -0.135. The van der Waals surface area contributed by atoms with Crippen molar-refractivity contribution in [3.63, 3.8) is 0 Å². The number of hydrogen-bond acceptors (Lipinski definition) is 5. The average molecular weight is 421 g/mol. The summed E-state index contributed by atoms with van der Waals surface area (Å²) in [6, 6.07) is 11.7. The topological polar surface area (TPSA) is 59.3 Å². The van der Waals surface area contributed by atoms with Crippen molar-refractivity contribution >= 4 is 11.6 Å². The Balaban J connectivity index is 1.27. The molecule has 4 rings (SSSR count). The number of nitrogens with zero attached hydrogens (tertiary/aromatic N) is 4. The van der Waals surface area contributed by atoms with Gasteiger partial charge in [-0.3, -0.25) is 9.69 Å². The minimum absolute atomic E-state index is 0.00357. The lowest BCUT2D eigenvalue weighted by Gasteiger charge is -2.34. The lowest BCUT2D eigenvalue weighted by atomic mass is 10.1. The van der Waals surface area contributed by atoms with E-state index in [1.165, 1.54) is 0 Å². The van der Waals surface area contributed by atoms with Crippen LogP contribution in [0, 0.1) is 0 Å². The van der Waals surface area contributed by atoms with E-state index in [9.17, 15) is 4.79 Å². The maximum atomic E-state index is 12.6. The van der Waals surface area contributed by atoms with E-state index in [0.29, 0.717) is 24.6 Å². The van der Waals surface area contributed by atoms with Crippen molar-refractivity contribution in [1.82, 2.24) is 19.2 Å². The molecule has 0 aliphatic carbocycles. The molecule has 2 aromatic heterocycles. The number of fused-ring (bicyclic) bond motifs is 1. The van der Waals surface area contributed by atoms with Crippen LogP contribution in [0.5, 0.6) is 11.5 Å². The van der Waals surface area contributed by atoms with Crippen molar-refractivity contribution in [1.29, 1.82) is 0 Å². The van der Waals surface area contributed by atoms with Crippen LogP contribution < -0.4 is 9.47 Å². The molecular formula is C24H28N4O3. The fraction of sp³-hybridized carbons (Fsp3) is 0.333. The third-order valence-corrected chi connectivity index (χ3v) is 5.48. The number of amides is 1. The van der Waals surface area contributed by atoms with Gasteiger partial charge in [-0.15, -0.1) is 6.58 Å². The number of ether oxygens (including phenoxy) is 2. The van der Waals surface area contributed by atoms with E-state index in [1.807, 2.05) is 58.0 Å². The molecule has 1 fully saturated rings. The number of aromatic nitrogens is 2. The van der Waals surface area contributed by atoms with Gasteiger partial charge in [-0.25, -0.2) is 4.98 Å². The fourth-order valence-electron chi connectivity index (χ4n) is 3.80. The van der Waals surface area contributed by atoms with E-state index in [2.05, 4.69) is 22.7 Å². The van der Waals surface area contributed by atoms with Crippen LogP contribution >= 0.6 is 0 Å². The molecule has 0 saturated carbocycles. The van der Waals surface area contributed by atoms with Gasteiger partial charge < -0.3 is 18.8 Å². The molecule has 3 heterocycles. The average Bonchev–Trinajstić information content (AvgIpc) is 3.21. The van der Waals surface area contributed by atoms with Gasteiger partial charge in [0, 0.05) is 45.1 Å². The van der Waals surface area contributed by atoms with Crippen LogP contribution in [0.3, 0.4) is 0 Å². The van der Waals surface area contributed by atoms with Gasteiger partial charge in [-0.2, -0.15) is 0 Å². The van der Waals surface area contributed by atoms with Gasteiger partial charge in [0.1, 0.15) is 5.65 Å². The van der Waals surface area contributed by atoms with Gasteiger partial charge in [0.2, 0.25) is 0 Å². The summed E-state index contributed by atoms with van der Waals surface area (Å²) >= 11 is 0. The molecule has 0 spiro atoms. The Morgan fingerprint density at radius 1 is 1.16 bits per heavy atom. The summed E-state index contributed by atoms with van der Waals surface area (Å²) in [7, 11) is 1.60. The zero-order chi connectivity index (χ0) is 21.6. The highest BCUT2D eigenvalue weighted by Gasteiger charge is 2.22. The highest BCUT2D eigenvalue weighted by Crippen LogP contribution is 2.28. The molecule has 1 amide bonds. The first-order valence-corrected chi connectivity index (χ1v) is 10.5. The number of rotatable bonds is 8. The Hall–Kier alpha value is -3.32. The Labute approximate surface area is 182 Å². The van der Waals surface area contributed by atoms with Crippen molar-refractivity contribution in [3.8, 4) is 11.5 Å². The molecule has 0 radical (unpaired) electrons. The summed E-state index contributed by atoms with van der Waals surface area (Å²) in [5.74, 6) is 1.20. The molecular weight excluding hydrogens is 392 g/mol. The van der Waals surface area contributed by atoms with E-state index < -0.39 is 0 Å². The summed E-state index contributed by atoms with van der Waals surface area (Å²) in [5.41, 5.74) is 3.09. The van der Waals surface area contributed by atoms with Crippen LogP contribution in [-0.2, 0) is 17.8 Å². The largest absolute Gasteiger partial charge is 0.493 e. The first-order valence-electron chi connectivity index (χ1n) is 10.5. The highest BCUT2D eigenvalue weighted by molar-refractivity contribution is 5.78. The summed E-state index contributed by atoms with van der Waals surface area (Å²) < 4.78 is 13.2. The van der Waals surface area contributed by atoms with Crippen molar-refractivity contribution in [2.24, 2.45) is 0 Å². The number of methoxy groups -OCH3 is 1. The van der Waals surface area contributed by atoms with Gasteiger partial charge in [0.25, 0.3) is 5.91 Å².